The van der Waals surface area contributed by atoms with Crippen LogP contribution < -0.4 is 4.90 Å². The van der Waals surface area contributed by atoms with Crippen molar-refractivity contribution in [1.29, 1.82) is 0 Å². The van der Waals surface area contributed by atoms with Crippen molar-refractivity contribution >= 4 is 17.1 Å². The molecule has 0 atom stereocenters. The summed E-state index contributed by atoms with van der Waals surface area (Å²) in [5.41, 5.74) is 2.88. The Morgan fingerprint density at radius 2 is 1.61 bits per heavy atom. The smallest absolute Gasteiger partial charge is 0.189 e. The van der Waals surface area contributed by atoms with E-state index in [4.69, 9.17) is 6.57 Å². The molecule has 0 N–H and O–H groups in total. The highest BCUT2D eigenvalue weighted by atomic mass is 15.2. The Balaban J connectivity index is 2.46. The molecule has 2 aromatic carbocycles. The molecular formula is C16H16N2. The third kappa shape index (κ3) is 2.52. The fourth-order valence-corrected chi connectivity index (χ4v) is 2.05. The van der Waals surface area contributed by atoms with E-state index in [9.17, 15) is 0 Å². The van der Waals surface area contributed by atoms with Crippen LogP contribution in [0.4, 0.5) is 17.1 Å². The van der Waals surface area contributed by atoms with Gasteiger partial charge >= 0.3 is 0 Å². The predicted molar refractivity (Wildman–Crippen MR) is 76.4 cm³/mol. The first-order valence-electron chi connectivity index (χ1n) is 6.04. The van der Waals surface area contributed by atoms with Crippen molar-refractivity contribution < 1.29 is 0 Å². The van der Waals surface area contributed by atoms with Gasteiger partial charge in [-0.25, -0.2) is 4.85 Å². The predicted octanol–water partition coefficient (Wildman–Crippen LogP) is 4.78. The molecule has 0 spiro atoms. The van der Waals surface area contributed by atoms with E-state index in [1.165, 1.54) is 0 Å². The second-order valence-corrected chi connectivity index (χ2v) is 4.43. The maximum absolute atomic E-state index is 7.10. The van der Waals surface area contributed by atoms with Gasteiger partial charge in [-0.15, -0.1) is 0 Å². The topological polar surface area (TPSA) is 7.60 Å². The van der Waals surface area contributed by atoms with Crippen LogP contribution in [-0.4, -0.2) is 6.04 Å². The summed E-state index contributed by atoms with van der Waals surface area (Å²) in [4.78, 5) is 5.72. The van der Waals surface area contributed by atoms with Crippen LogP contribution in [0.3, 0.4) is 0 Å². The first-order chi connectivity index (χ1) is 8.72. The highest BCUT2D eigenvalue weighted by Crippen LogP contribution is 2.30. The fourth-order valence-electron chi connectivity index (χ4n) is 2.05. The van der Waals surface area contributed by atoms with E-state index in [0.717, 1.165) is 11.4 Å². The lowest BCUT2D eigenvalue weighted by molar-refractivity contribution is 0.789. The zero-order chi connectivity index (χ0) is 13.0. The van der Waals surface area contributed by atoms with Gasteiger partial charge in [-0.2, -0.15) is 0 Å². The Morgan fingerprint density at radius 1 is 0.944 bits per heavy atom. The van der Waals surface area contributed by atoms with E-state index in [2.05, 4.69) is 35.7 Å². The normalized spacial score (nSPS) is 10.1. The summed E-state index contributed by atoms with van der Waals surface area (Å²) in [5, 5.41) is 0. The van der Waals surface area contributed by atoms with E-state index < -0.39 is 0 Å². The van der Waals surface area contributed by atoms with Crippen molar-refractivity contribution in [3.63, 3.8) is 0 Å². The van der Waals surface area contributed by atoms with Crippen LogP contribution in [0, 0.1) is 6.57 Å². The molecule has 0 unspecified atom stereocenters. The van der Waals surface area contributed by atoms with Gasteiger partial charge in [-0.1, -0.05) is 30.3 Å². The zero-order valence-corrected chi connectivity index (χ0v) is 10.7. The molecule has 0 aliphatic carbocycles. The van der Waals surface area contributed by atoms with Crippen LogP contribution >= 0.6 is 0 Å². The molecular weight excluding hydrogens is 220 g/mol. The molecule has 2 aromatic rings. The largest absolute Gasteiger partial charge is 0.340 e. The lowest BCUT2D eigenvalue weighted by atomic mass is 10.2. The van der Waals surface area contributed by atoms with Gasteiger partial charge in [0.2, 0.25) is 0 Å². The average Bonchev–Trinajstić information content (AvgIpc) is 2.40. The Kier molecular flexibility index (Phi) is 3.64. The minimum absolute atomic E-state index is 0.341. The van der Waals surface area contributed by atoms with Gasteiger partial charge in [0.05, 0.1) is 6.57 Å². The molecule has 0 amide bonds. The van der Waals surface area contributed by atoms with Gasteiger partial charge in [-0.05, 0) is 38.1 Å². The van der Waals surface area contributed by atoms with Crippen LogP contribution in [-0.2, 0) is 0 Å². The second kappa shape index (κ2) is 5.37. The summed E-state index contributed by atoms with van der Waals surface area (Å²) in [7, 11) is 0. The fraction of sp³-hybridized carbons (Fsp3) is 0.188. The SMILES string of the molecule is [C-]#[N+]c1cccc(N(c2ccccc2)C(C)C)c1. The lowest BCUT2D eigenvalue weighted by Crippen LogP contribution is -2.25. The highest BCUT2D eigenvalue weighted by Gasteiger charge is 2.12. The van der Waals surface area contributed by atoms with Gasteiger partial charge in [0.15, 0.2) is 5.69 Å². The second-order valence-electron chi connectivity index (χ2n) is 4.43. The molecule has 0 bridgehead atoms. The molecule has 0 fully saturated rings. The minimum atomic E-state index is 0.341. The number of rotatable bonds is 3. The van der Waals surface area contributed by atoms with Gasteiger partial charge in [-0.3, -0.25) is 0 Å². The molecule has 0 aromatic heterocycles. The van der Waals surface area contributed by atoms with Crippen molar-refractivity contribution in [1.82, 2.24) is 0 Å². The van der Waals surface area contributed by atoms with E-state index in [0.29, 0.717) is 11.7 Å². The number of para-hydroxylation sites is 1. The minimum Gasteiger partial charge on any atom is -0.340 e. The number of anilines is 2. The van der Waals surface area contributed by atoms with Crippen molar-refractivity contribution in [2.45, 2.75) is 19.9 Å². The lowest BCUT2D eigenvalue weighted by Gasteiger charge is -2.29. The maximum Gasteiger partial charge on any atom is 0.189 e. The summed E-state index contributed by atoms with van der Waals surface area (Å²) in [6.45, 7) is 11.4. The van der Waals surface area contributed by atoms with Crippen LogP contribution in [0.1, 0.15) is 13.8 Å². The van der Waals surface area contributed by atoms with Crippen LogP contribution in [0.2, 0.25) is 0 Å². The monoisotopic (exact) mass is 236 g/mol. The maximum atomic E-state index is 7.10. The molecule has 0 aliphatic heterocycles. The molecule has 18 heavy (non-hydrogen) atoms. The third-order valence-electron chi connectivity index (χ3n) is 2.79. The number of nitrogens with zero attached hydrogens (tertiary/aromatic N) is 2. The highest BCUT2D eigenvalue weighted by molar-refractivity contribution is 5.68. The van der Waals surface area contributed by atoms with Crippen molar-refractivity contribution in [2.24, 2.45) is 0 Å². The third-order valence-corrected chi connectivity index (χ3v) is 2.79. The quantitative estimate of drug-likeness (QED) is 0.696. The van der Waals surface area contributed by atoms with E-state index in [-0.39, 0.29) is 0 Å². The van der Waals surface area contributed by atoms with Crippen LogP contribution in [0.5, 0.6) is 0 Å². The zero-order valence-electron chi connectivity index (χ0n) is 10.7. The first-order valence-corrected chi connectivity index (χ1v) is 6.04. The standard InChI is InChI=1S/C16H16N2/c1-13(2)18(15-9-5-4-6-10-15)16-11-7-8-14(12-16)17-3/h4-13H,1-2H3. The molecule has 0 saturated carbocycles. The van der Waals surface area contributed by atoms with Crippen LogP contribution in [0.25, 0.3) is 4.85 Å². The van der Waals surface area contributed by atoms with E-state index in [1.54, 1.807) is 0 Å². The van der Waals surface area contributed by atoms with Crippen molar-refractivity contribution in [2.75, 3.05) is 4.90 Å². The average molecular weight is 236 g/mol. The molecule has 2 heteroatoms. The molecule has 0 saturated heterocycles. The molecule has 2 rings (SSSR count). The van der Waals surface area contributed by atoms with Gasteiger partial charge in [0.1, 0.15) is 0 Å². The van der Waals surface area contributed by atoms with Crippen molar-refractivity contribution in [3.05, 3.63) is 66.0 Å². The molecule has 2 nitrogen and oxygen atoms in total. The summed E-state index contributed by atoms with van der Waals surface area (Å²) in [5.74, 6) is 0. The Bertz CT molecular complexity index is 553. The number of benzene rings is 2. The molecule has 0 aliphatic rings. The Labute approximate surface area is 108 Å². The Hall–Kier alpha value is -2.27. The first kappa shape index (κ1) is 12.2. The van der Waals surface area contributed by atoms with Gasteiger partial charge < -0.3 is 4.90 Å². The molecule has 90 valence electrons. The molecule has 0 heterocycles. The summed E-state index contributed by atoms with van der Waals surface area (Å²) < 4.78 is 0. The van der Waals surface area contributed by atoms with Crippen molar-refractivity contribution in [3.8, 4) is 0 Å². The number of hydrogen-bond donors (Lipinski definition) is 0. The Morgan fingerprint density at radius 3 is 2.22 bits per heavy atom. The van der Waals surface area contributed by atoms with Gasteiger partial charge in [0, 0.05) is 17.4 Å². The van der Waals surface area contributed by atoms with Gasteiger partial charge in [0.25, 0.3) is 0 Å². The van der Waals surface area contributed by atoms with E-state index >= 15 is 0 Å². The summed E-state index contributed by atoms with van der Waals surface area (Å²) in [6, 6.07) is 18.3. The summed E-state index contributed by atoms with van der Waals surface area (Å²) >= 11 is 0. The number of hydrogen-bond acceptors (Lipinski definition) is 1. The summed E-state index contributed by atoms with van der Waals surface area (Å²) in [6.07, 6.45) is 0. The molecule has 0 radical (unpaired) electrons. The van der Waals surface area contributed by atoms with Crippen LogP contribution in [0.15, 0.2) is 54.6 Å². The van der Waals surface area contributed by atoms with E-state index in [1.807, 2.05) is 42.5 Å².